The molecule has 4 aliphatic rings. The van der Waals surface area contributed by atoms with Gasteiger partial charge in [-0.25, -0.2) is 9.78 Å². The Bertz CT molecular complexity index is 1390. The Morgan fingerprint density at radius 2 is 1.76 bits per heavy atom. The number of benzene rings is 1. The number of carbonyl (C=O) groups excluding carboxylic acids is 1. The van der Waals surface area contributed by atoms with Gasteiger partial charge in [0.05, 0.1) is 29.4 Å². The third-order valence-corrected chi connectivity index (χ3v) is 9.22. The van der Waals surface area contributed by atoms with Crippen LogP contribution < -0.4 is 10.1 Å². The van der Waals surface area contributed by atoms with Crippen LogP contribution in [-0.4, -0.2) is 75.9 Å². The van der Waals surface area contributed by atoms with E-state index in [1.165, 1.54) is 5.56 Å². The largest absolute Gasteiger partial charge is 0.456 e. The molecule has 11 heteroatoms. The number of rotatable bonds is 6. The minimum atomic E-state index is -0.637. The van der Waals surface area contributed by atoms with Gasteiger partial charge in [-0.2, -0.15) is 4.98 Å². The summed E-state index contributed by atoms with van der Waals surface area (Å²) >= 11 is 6.64. The zero-order valence-corrected chi connectivity index (χ0v) is 23.5. The number of halogens is 1. The Morgan fingerprint density at radius 1 is 1.00 bits per heavy atom. The lowest BCUT2D eigenvalue weighted by Crippen LogP contribution is -2.38. The standard InChI is InChI=1S/C30H35ClN4O6/c31-21-13-22-28(35-29(33-22)41-24-15-39-26-23(36)14-38-27(24)26)34-25(21)18-7-5-16(6-8-18)17-9-11-19(12-10-17)32-30(37)40-20-3-1-2-4-20/h5-8,13,17,19-20,23-24,26-27,36H,1-4,9-12,14-15H2,(H,32,37)(H,33,34,35)/t17?,19?,23-,24-,26?,27?/m1/s1. The Balaban J connectivity index is 0.971. The lowest BCUT2D eigenvalue weighted by molar-refractivity contribution is 0.00706. The van der Waals surface area contributed by atoms with E-state index in [-0.39, 0.29) is 43.2 Å². The molecule has 0 spiro atoms. The summed E-state index contributed by atoms with van der Waals surface area (Å²) in [5, 5.41) is 13.6. The molecule has 2 unspecified atom stereocenters. The topological polar surface area (TPSA) is 128 Å². The number of aliphatic hydroxyl groups is 1. The van der Waals surface area contributed by atoms with Crippen LogP contribution in [-0.2, 0) is 14.2 Å². The second kappa shape index (κ2) is 11.4. The van der Waals surface area contributed by atoms with Crippen LogP contribution in [0.25, 0.3) is 22.4 Å². The molecule has 4 atom stereocenters. The molecule has 3 N–H and O–H groups in total. The van der Waals surface area contributed by atoms with Crippen molar-refractivity contribution in [1.29, 1.82) is 0 Å². The van der Waals surface area contributed by atoms with Crippen molar-refractivity contribution in [3.8, 4) is 17.3 Å². The molecule has 0 radical (unpaired) electrons. The van der Waals surface area contributed by atoms with E-state index in [0.717, 1.165) is 56.9 Å². The molecular weight excluding hydrogens is 548 g/mol. The number of hydrogen-bond acceptors (Lipinski definition) is 8. The van der Waals surface area contributed by atoms with E-state index in [4.69, 9.17) is 35.5 Å². The smallest absolute Gasteiger partial charge is 0.407 e. The molecule has 7 rings (SSSR count). The summed E-state index contributed by atoms with van der Waals surface area (Å²) in [6.07, 6.45) is 6.34. The van der Waals surface area contributed by atoms with E-state index in [1.54, 1.807) is 0 Å². The first-order valence-corrected chi connectivity index (χ1v) is 15.1. The van der Waals surface area contributed by atoms with Gasteiger partial charge in [0.15, 0.2) is 11.8 Å². The highest BCUT2D eigenvalue weighted by atomic mass is 35.5. The maximum Gasteiger partial charge on any atom is 0.407 e. The number of imidazole rings is 1. The number of aliphatic hydroxyl groups excluding tert-OH is 1. The molecule has 1 amide bonds. The van der Waals surface area contributed by atoms with Crippen LogP contribution >= 0.6 is 11.6 Å². The molecule has 0 bridgehead atoms. The third kappa shape index (κ3) is 5.62. The lowest BCUT2D eigenvalue weighted by atomic mass is 9.81. The fourth-order valence-corrected chi connectivity index (χ4v) is 6.95. The first-order chi connectivity index (χ1) is 20.0. The van der Waals surface area contributed by atoms with Gasteiger partial charge in [0, 0.05) is 11.6 Å². The molecule has 41 heavy (non-hydrogen) atoms. The maximum absolute atomic E-state index is 12.2. The number of alkyl carbamates (subject to hydrolysis) is 1. The Labute approximate surface area is 243 Å². The zero-order chi connectivity index (χ0) is 27.9. The van der Waals surface area contributed by atoms with E-state index >= 15 is 0 Å². The third-order valence-electron chi connectivity index (χ3n) is 8.93. The van der Waals surface area contributed by atoms with Crippen molar-refractivity contribution in [3.05, 3.63) is 40.9 Å². The van der Waals surface area contributed by atoms with Crippen molar-refractivity contribution >= 4 is 28.9 Å². The normalized spacial score (nSPS) is 30.0. The molecule has 4 heterocycles. The van der Waals surface area contributed by atoms with Gasteiger partial charge in [-0.1, -0.05) is 35.9 Å². The highest BCUT2D eigenvalue weighted by Crippen LogP contribution is 2.36. The number of nitrogens with one attached hydrogen (secondary N) is 2. The predicted octanol–water partition coefficient (Wildman–Crippen LogP) is 4.88. The number of aromatic amines is 1. The summed E-state index contributed by atoms with van der Waals surface area (Å²) < 4.78 is 22.9. The quantitative estimate of drug-likeness (QED) is 0.375. The fraction of sp³-hybridized carbons (Fsp3) is 0.567. The van der Waals surface area contributed by atoms with Crippen LogP contribution in [0, 0.1) is 0 Å². The number of nitrogens with zero attached hydrogens (tertiary/aromatic N) is 2. The number of ether oxygens (including phenoxy) is 4. The first-order valence-electron chi connectivity index (χ1n) is 14.7. The molecular formula is C30H35ClN4O6. The summed E-state index contributed by atoms with van der Waals surface area (Å²) in [6.45, 7) is 0.560. The summed E-state index contributed by atoms with van der Waals surface area (Å²) in [5.41, 5.74) is 4.03. The molecule has 10 nitrogen and oxygen atoms in total. The van der Waals surface area contributed by atoms with E-state index in [0.29, 0.717) is 40.4 Å². The number of carbonyl (C=O) groups is 1. The highest BCUT2D eigenvalue weighted by Gasteiger charge is 2.48. The van der Waals surface area contributed by atoms with Crippen LogP contribution in [0.15, 0.2) is 30.3 Å². The van der Waals surface area contributed by atoms with Crippen molar-refractivity contribution in [1.82, 2.24) is 20.3 Å². The van der Waals surface area contributed by atoms with Crippen molar-refractivity contribution in [2.24, 2.45) is 0 Å². The van der Waals surface area contributed by atoms with E-state index in [1.807, 2.05) is 6.07 Å². The molecule has 2 aliphatic carbocycles. The number of fused-ring (bicyclic) bond motifs is 2. The van der Waals surface area contributed by atoms with E-state index in [9.17, 15) is 9.90 Å². The molecule has 2 saturated heterocycles. The number of H-pyrrole nitrogens is 1. The molecule has 1 aromatic carbocycles. The molecule has 2 saturated carbocycles. The molecule has 2 aliphatic heterocycles. The predicted molar refractivity (Wildman–Crippen MR) is 151 cm³/mol. The van der Waals surface area contributed by atoms with Crippen molar-refractivity contribution in [2.45, 2.75) is 93.8 Å². The summed E-state index contributed by atoms with van der Waals surface area (Å²) in [7, 11) is 0. The SMILES string of the molecule is O=C(NC1CCC(c2ccc(-c3nc4nc(O[C@@H]5COC6C5OC[C@H]6O)[nH]c4cc3Cl)cc2)CC1)OC1CCCC1. The molecule has 4 fully saturated rings. The average molecular weight is 583 g/mol. The maximum atomic E-state index is 12.2. The van der Waals surface area contributed by atoms with E-state index < -0.39 is 6.10 Å². The van der Waals surface area contributed by atoms with Crippen LogP contribution in [0.3, 0.4) is 0 Å². The van der Waals surface area contributed by atoms with Gasteiger partial charge in [0.25, 0.3) is 6.01 Å². The van der Waals surface area contributed by atoms with Crippen molar-refractivity contribution < 1.29 is 28.8 Å². The first kappa shape index (κ1) is 26.9. The fourth-order valence-electron chi connectivity index (χ4n) is 6.68. The Morgan fingerprint density at radius 3 is 2.54 bits per heavy atom. The van der Waals surface area contributed by atoms with Crippen LogP contribution in [0.1, 0.15) is 62.8 Å². The summed E-state index contributed by atoms with van der Waals surface area (Å²) in [5.74, 6) is 0.453. The Kier molecular flexibility index (Phi) is 7.49. The number of pyridine rings is 1. The second-order valence-corrected chi connectivity index (χ2v) is 12.1. The summed E-state index contributed by atoms with van der Waals surface area (Å²) in [4.78, 5) is 24.6. The monoisotopic (exact) mass is 582 g/mol. The van der Waals surface area contributed by atoms with Gasteiger partial charge in [0.2, 0.25) is 0 Å². The molecule has 3 aromatic rings. The van der Waals surface area contributed by atoms with Crippen molar-refractivity contribution in [2.75, 3.05) is 13.2 Å². The molecule has 2 aromatic heterocycles. The Hall–Kier alpha value is -2.92. The van der Waals surface area contributed by atoms with Gasteiger partial charge >= 0.3 is 6.09 Å². The minimum Gasteiger partial charge on any atom is -0.456 e. The minimum absolute atomic E-state index is 0.0923. The van der Waals surface area contributed by atoms with Gasteiger partial charge < -0.3 is 34.4 Å². The summed E-state index contributed by atoms with van der Waals surface area (Å²) in [6, 6.07) is 10.7. The highest BCUT2D eigenvalue weighted by molar-refractivity contribution is 6.33. The van der Waals surface area contributed by atoms with Crippen LogP contribution in [0.2, 0.25) is 5.02 Å². The second-order valence-electron chi connectivity index (χ2n) is 11.7. The van der Waals surface area contributed by atoms with E-state index in [2.05, 4.69) is 39.6 Å². The number of aromatic nitrogens is 3. The van der Waals surface area contributed by atoms with Gasteiger partial charge in [0.1, 0.15) is 24.4 Å². The van der Waals surface area contributed by atoms with Crippen molar-refractivity contribution in [3.63, 3.8) is 0 Å². The van der Waals surface area contributed by atoms with Crippen LogP contribution in [0.4, 0.5) is 4.79 Å². The zero-order valence-electron chi connectivity index (χ0n) is 22.8. The lowest BCUT2D eigenvalue weighted by Gasteiger charge is -2.29. The van der Waals surface area contributed by atoms with Gasteiger partial charge in [-0.15, -0.1) is 0 Å². The van der Waals surface area contributed by atoms with Crippen LogP contribution in [0.5, 0.6) is 6.01 Å². The van der Waals surface area contributed by atoms with Gasteiger partial charge in [-0.3, -0.25) is 0 Å². The number of hydrogen-bond donors (Lipinski definition) is 3. The molecule has 218 valence electrons. The average Bonchev–Trinajstić information content (AvgIpc) is 3.77. The number of amides is 1. The van der Waals surface area contributed by atoms with Gasteiger partial charge in [-0.05, 0) is 68.9 Å².